The van der Waals surface area contributed by atoms with Crippen LogP contribution in [0.3, 0.4) is 0 Å². The predicted molar refractivity (Wildman–Crippen MR) is 72.3 cm³/mol. The number of ether oxygens (including phenoxy) is 1. The SMILES string of the molecule is O=C(/C(=C/c1ccccc1)OC(F)F)c1ccccc1. The minimum Gasteiger partial charge on any atom is -0.431 e. The molecule has 0 spiro atoms. The predicted octanol–water partition coefficient (Wildman–Crippen LogP) is 4.15. The van der Waals surface area contributed by atoms with Crippen LogP contribution in [0.5, 0.6) is 0 Å². The molecule has 0 aliphatic rings. The third kappa shape index (κ3) is 3.75. The van der Waals surface area contributed by atoms with Gasteiger partial charge in [-0.05, 0) is 11.6 Å². The first kappa shape index (κ1) is 13.9. The van der Waals surface area contributed by atoms with Crippen LogP contribution in [0.4, 0.5) is 8.78 Å². The van der Waals surface area contributed by atoms with E-state index in [4.69, 9.17) is 0 Å². The Balaban J connectivity index is 2.33. The summed E-state index contributed by atoms with van der Waals surface area (Å²) in [6.45, 7) is -3.04. The van der Waals surface area contributed by atoms with E-state index < -0.39 is 12.4 Å². The molecule has 0 unspecified atom stereocenters. The Hall–Kier alpha value is -2.49. The summed E-state index contributed by atoms with van der Waals surface area (Å²) in [6.07, 6.45) is 1.31. The summed E-state index contributed by atoms with van der Waals surface area (Å²) in [5.74, 6) is -0.952. The summed E-state index contributed by atoms with van der Waals surface area (Å²) in [4.78, 5) is 12.2. The molecule has 0 amide bonds. The first-order chi connectivity index (χ1) is 9.66. The molecule has 0 saturated carbocycles. The summed E-state index contributed by atoms with van der Waals surface area (Å²) < 4.78 is 29.2. The van der Waals surface area contributed by atoms with E-state index in [1.54, 1.807) is 60.7 Å². The van der Waals surface area contributed by atoms with Crippen molar-refractivity contribution in [3.8, 4) is 0 Å². The molecule has 0 heterocycles. The normalized spacial score (nSPS) is 11.4. The van der Waals surface area contributed by atoms with E-state index in [0.717, 1.165) is 0 Å². The van der Waals surface area contributed by atoms with Crippen LogP contribution in [0, 0.1) is 0 Å². The van der Waals surface area contributed by atoms with Crippen molar-refractivity contribution in [2.75, 3.05) is 0 Å². The smallest absolute Gasteiger partial charge is 0.387 e. The minimum absolute atomic E-state index is 0.301. The number of Topliss-reactive ketones (excluding diaryl/α,β-unsaturated/α-hetero) is 1. The second-order valence-electron chi connectivity index (χ2n) is 3.99. The van der Waals surface area contributed by atoms with Gasteiger partial charge in [-0.25, -0.2) is 0 Å². The van der Waals surface area contributed by atoms with Gasteiger partial charge in [0, 0.05) is 5.56 Å². The molecule has 20 heavy (non-hydrogen) atoms. The van der Waals surface area contributed by atoms with Gasteiger partial charge >= 0.3 is 6.61 Å². The van der Waals surface area contributed by atoms with E-state index in [1.165, 1.54) is 6.08 Å². The highest BCUT2D eigenvalue weighted by atomic mass is 19.3. The van der Waals surface area contributed by atoms with Crippen LogP contribution in [0.15, 0.2) is 66.4 Å². The highest BCUT2D eigenvalue weighted by Gasteiger charge is 2.17. The molecule has 0 atom stereocenters. The minimum atomic E-state index is -3.04. The van der Waals surface area contributed by atoms with E-state index in [0.29, 0.717) is 11.1 Å². The Bertz CT molecular complexity index is 592. The maximum atomic E-state index is 12.4. The van der Waals surface area contributed by atoms with Crippen molar-refractivity contribution in [1.29, 1.82) is 0 Å². The van der Waals surface area contributed by atoms with Crippen LogP contribution in [-0.4, -0.2) is 12.4 Å². The molecular formula is C16H12F2O2. The van der Waals surface area contributed by atoms with Crippen molar-refractivity contribution in [3.63, 3.8) is 0 Å². The van der Waals surface area contributed by atoms with Crippen molar-refractivity contribution < 1.29 is 18.3 Å². The van der Waals surface area contributed by atoms with Crippen LogP contribution in [0.2, 0.25) is 0 Å². The number of hydrogen-bond acceptors (Lipinski definition) is 2. The lowest BCUT2D eigenvalue weighted by Crippen LogP contribution is -2.10. The van der Waals surface area contributed by atoms with Crippen molar-refractivity contribution >= 4 is 11.9 Å². The average Bonchev–Trinajstić information content (AvgIpc) is 2.47. The monoisotopic (exact) mass is 274 g/mol. The van der Waals surface area contributed by atoms with Crippen LogP contribution in [-0.2, 0) is 4.74 Å². The van der Waals surface area contributed by atoms with Crippen LogP contribution >= 0.6 is 0 Å². The van der Waals surface area contributed by atoms with E-state index in [-0.39, 0.29) is 5.76 Å². The van der Waals surface area contributed by atoms with Gasteiger partial charge in [-0.15, -0.1) is 0 Å². The van der Waals surface area contributed by atoms with Gasteiger partial charge in [-0.3, -0.25) is 4.79 Å². The first-order valence-corrected chi connectivity index (χ1v) is 5.98. The molecule has 0 radical (unpaired) electrons. The highest BCUT2D eigenvalue weighted by Crippen LogP contribution is 2.16. The molecule has 0 aromatic heterocycles. The lowest BCUT2D eigenvalue weighted by molar-refractivity contribution is -0.0920. The van der Waals surface area contributed by atoms with E-state index in [1.807, 2.05) is 0 Å². The van der Waals surface area contributed by atoms with E-state index >= 15 is 0 Å². The Morgan fingerprint density at radius 3 is 2.05 bits per heavy atom. The summed E-state index contributed by atoms with van der Waals surface area (Å²) in [7, 11) is 0. The molecule has 4 heteroatoms. The summed E-state index contributed by atoms with van der Waals surface area (Å²) in [5.41, 5.74) is 0.919. The topological polar surface area (TPSA) is 26.3 Å². The van der Waals surface area contributed by atoms with Crippen molar-refractivity contribution in [1.82, 2.24) is 0 Å². The van der Waals surface area contributed by atoms with Gasteiger partial charge < -0.3 is 4.74 Å². The fourth-order valence-corrected chi connectivity index (χ4v) is 1.68. The molecule has 0 saturated heterocycles. The highest BCUT2D eigenvalue weighted by molar-refractivity contribution is 6.09. The standard InChI is InChI=1S/C16H12F2O2/c17-16(18)20-14(11-12-7-3-1-4-8-12)15(19)13-9-5-2-6-10-13/h1-11,16H/b14-11-. The number of ketones is 1. The Morgan fingerprint density at radius 2 is 1.50 bits per heavy atom. The van der Waals surface area contributed by atoms with Gasteiger partial charge in [0.2, 0.25) is 5.78 Å². The van der Waals surface area contributed by atoms with Gasteiger partial charge in [0.05, 0.1) is 0 Å². The maximum absolute atomic E-state index is 12.4. The zero-order valence-corrected chi connectivity index (χ0v) is 10.5. The molecule has 0 bridgehead atoms. The molecule has 102 valence electrons. The Kier molecular flexibility index (Phi) is 4.60. The molecule has 2 rings (SSSR count). The number of alkyl halides is 2. The molecular weight excluding hydrogens is 262 g/mol. The Labute approximate surface area is 115 Å². The number of carbonyl (C=O) groups excluding carboxylic acids is 1. The van der Waals surface area contributed by atoms with Gasteiger partial charge in [0.15, 0.2) is 5.76 Å². The summed E-state index contributed by atoms with van der Waals surface area (Å²) in [5, 5.41) is 0. The maximum Gasteiger partial charge on any atom is 0.387 e. The molecule has 2 aromatic rings. The molecule has 0 N–H and O–H groups in total. The average molecular weight is 274 g/mol. The van der Waals surface area contributed by atoms with Gasteiger partial charge in [0.25, 0.3) is 0 Å². The lowest BCUT2D eigenvalue weighted by Gasteiger charge is -2.08. The van der Waals surface area contributed by atoms with Crippen molar-refractivity contribution in [2.24, 2.45) is 0 Å². The molecule has 2 nitrogen and oxygen atoms in total. The van der Waals surface area contributed by atoms with E-state index in [2.05, 4.69) is 4.74 Å². The van der Waals surface area contributed by atoms with Crippen LogP contribution in [0.25, 0.3) is 6.08 Å². The molecule has 0 fully saturated rings. The number of rotatable bonds is 5. The van der Waals surface area contributed by atoms with Gasteiger partial charge in [-0.2, -0.15) is 8.78 Å². The van der Waals surface area contributed by atoms with Gasteiger partial charge in [-0.1, -0.05) is 60.7 Å². The number of halogens is 2. The van der Waals surface area contributed by atoms with Crippen LogP contribution in [0.1, 0.15) is 15.9 Å². The summed E-state index contributed by atoms with van der Waals surface area (Å²) in [6, 6.07) is 16.9. The fourth-order valence-electron chi connectivity index (χ4n) is 1.68. The number of hydrogen-bond donors (Lipinski definition) is 0. The third-order valence-corrected chi connectivity index (χ3v) is 2.57. The van der Waals surface area contributed by atoms with Crippen molar-refractivity contribution in [2.45, 2.75) is 6.61 Å². The fraction of sp³-hybridized carbons (Fsp3) is 0.0625. The number of benzene rings is 2. The second kappa shape index (κ2) is 6.61. The number of carbonyl (C=O) groups is 1. The quantitative estimate of drug-likeness (QED) is 0.465. The zero-order valence-electron chi connectivity index (χ0n) is 10.5. The lowest BCUT2D eigenvalue weighted by atomic mass is 10.1. The van der Waals surface area contributed by atoms with E-state index in [9.17, 15) is 13.6 Å². The number of allylic oxidation sites excluding steroid dienone is 1. The van der Waals surface area contributed by atoms with Gasteiger partial charge in [0.1, 0.15) is 0 Å². The summed E-state index contributed by atoms with van der Waals surface area (Å²) >= 11 is 0. The van der Waals surface area contributed by atoms with Crippen LogP contribution < -0.4 is 0 Å². The first-order valence-electron chi connectivity index (χ1n) is 5.98. The molecule has 2 aromatic carbocycles. The zero-order chi connectivity index (χ0) is 14.4. The molecule has 0 aliphatic heterocycles. The largest absolute Gasteiger partial charge is 0.431 e. The second-order valence-corrected chi connectivity index (χ2v) is 3.99. The van der Waals surface area contributed by atoms with Crippen molar-refractivity contribution in [3.05, 3.63) is 77.5 Å². The third-order valence-electron chi connectivity index (χ3n) is 2.57. The Morgan fingerprint density at radius 1 is 0.950 bits per heavy atom. The molecule has 0 aliphatic carbocycles.